The van der Waals surface area contributed by atoms with Crippen molar-refractivity contribution in [3.63, 3.8) is 0 Å². The predicted molar refractivity (Wildman–Crippen MR) is 52.5 cm³/mol. The van der Waals surface area contributed by atoms with Crippen LogP contribution in [0.15, 0.2) is 6.20 Å². The summed E-state index contributed by atoms with van der Waals surface area (Å²) < 4.78 is 0. The van der Waals surface area contributed by atoms with Crippen molar-refractivity contribution in [3.05, 3.63) is 17.5 Å². The van der Waals surface area contributed by atoms with Crippen molar-refractivity contribution in [2.75, 3.05) is 6.54 Å². The number of H-pyrrole nitrogens is 1. The molecular weight excluding hydrogens is 162 g/mol. The Morgan fingerprint density at radius 2 is 2.54 bits per heavy atom. The third kappa shape index (κ3) is 1.61. The molecule has 2 rings (SSSR count). The first-order chi connectivity index (χ1) is 6.31. The van der Waals surface area contributed by atoms with Crippen molar-refractivity contribution in [1.82, 2.24) is 15.1 Å². The monoisotopic (exact) mass is 179 g/mol. The maximum atomic E-state index is 4.09. The van der Waals surface area contributed by atoms with Gasteiger partial charge in [-0.3, -0.25) is 10.00 Å². The first kappa shape index (κ1) is 8.75. The lowest BCUT2D eigenvalue weighted by atomic mass is 10.1. The Kier molecular flexibility index (Phi) is 2.36. The van der Waals surface area contributed by atoms with Gasteiger partial charge in [-0.05, 0) is 26.3 Å². The Hall–Kier alpha value is -0.830. The predicted octanol–water partition coefficient (Wildman–Crippen LogP) is 1.57. The largest absolute Gasteiger partial charge is 0.297 e. The van der Waals surface area contributed by atoms with Crippen LogP contribution in [0.25, 0.3) is 0 Å². The second-order valence-corrected chi connectivity index (χ2v) is 3.82. The molecule has 13 heavy (non-hydrogen) atoms. The van der Waals surface area contributed by atoms with E-state index in [9.17, 15) is 0 Å². The van der Waals surface area contributed by atoms with Gasteiger partial charge >= 0.3 is 0 Å². The van der Waals surface area contributed by atoms with E-state index in [0.717, 1.165) is 19.5 Å². The zero-order valence-electron chi connectivity index (χ0n) is 8.38. The molecule has 72 valence electrons. The minimum absolute atomic E-state index is 0.700. The summed E-state index contributed by atoms with van der Waals surface area (Å²) in [6, 6.07) is 0.700. The van der Waals surface area contributed by atoms with E-state index >= 15 is 0 Å². The highest BCUT2D eigenvalue weighted by Gasteiger charge is 2.19. The second-order valence-electron chi connectivity index (χ2n) is 3.82. The van der Waals surface area contributed by atoms with Crippen molar-refractivity contribution < 1.29 is 0 Å². The normalized spacial score (nSPS) is 24.0. The van der Waals surface area contributed by atoms with Crippen molar-refractivity contribution in [3.8, 4) is 0 Å². The van der Waals surface area contributed by atoms with E-state index in [1.165, 1.54) is 17.7 Å². The molecule has 3 heteroatoms. The van der Waals surface area contributed by atoms with Crippen LogP contribution in [0.4, 0.5) is 0 Å². The smallest absolute Gasteiger partial charge is 0.0535 e. The summed E-state index contributed by atoms with van der Waals surface area (Å²) in [7, 11) is 0. The van der Waals surface area contributed by atoms with Crippen molar-refractivity contribution in [2.45, 2.75) is 39.3 Å². The summed E-state index contributed by atoms with van der Waals surface area (Å²) in [5.74, 6) is 0. The molecule has 0 radical (unpaired) electrons. The Bertz CT molecular complexity index is 279. The third-order valence-corrected chi connectivity index (χ3v) is 3.02. The average Bonchev–Trinajstić information content (AvgIpc) is 2.52. The maximum absolute atomic E-state index is 4.09. The molecule has 1 atom stereocenters. The molecule has 1 N–H and O–H groups in total. The van der Waals surface area contributed by atoms with Crippen LogP contribution in [0.2, 0.25) is 0 Å². The number of aryl methyl sites for hydroxylation is 1. The summed E-state index contributed by atoms with van der Waals surface area (Å²) in [6.45, 7) is 6.72. The van der Waals surface area contributed by atoms with Gasteiger partial charge in [0.05, 0.1) is 6.20 Å². The van der Waals surface area contributed by atoms with Crippen LogP contribution >= 0.6 is 0 Å². The fourth-order valence-electron chi connectivity index (χ4n) is 2.02. The first-order valence-electron chi connectivity index (χ1n) is 5.06. The topological polar surface area (TPSA) is 31.9 Å². The molecule has 1 aliphatic heterocycles. The molecule has 1 aromatic rings. The molecule has 0 bridgehead atoms. The van der Waals surface area contributed by atoms with E-state index in [0.29, 0.717) is 6.04 Å². The first-order valence-corrected chi connectivity index (χ1v) is 5.06. The molecular formula is C10H17N3. The summed E-state index contributed by atoms with van der Waals surface area (Å²) in [5.41, 5.74) is 2.72. The molecule has 3 nitrogen and oxygen atoms in total. The molecule has 2 heterocycles. The Morgan fingerprint density at radius 1 is 1.69 bits per heavy atom. The Labute approximate surface area is 79.1 Å². The van der Waals surface area contributed by atoms with E-state index in [1.807, 2.05) is 6.20 Å². The van der Waals surface area contributed by atoms with Crippen LogP contribution < -0.4 is 0 Å². The van der Waals surface area contributed by atoms with Crippen molar-refractivity contribution in [1.29, 1.82) is 0 Å². The second kappa shape index (κ2) is 3.50. The molecule has 1 aliphatic rings. The maximum Gasteiger partial charge on any atom is 0.0535 e. The lowest BCUT2D eigenvalue weighted by molar-refractivity contribution is 0.209. The number of aromatic amines is 1. The molecule has 1 unspecified atom stereocenters. The number of nitrogens with zero attached hydrogens (tertiary/aromatic N) is 2. The third-order valence-electron chi connectivity index (χ3n) is 3.02. The molecule has 0 saturated heterocycles. The minimum Gasteiger partial charge on any atom is -0.297 e. The highest BCUT2D eigenvalue weighted by Crippen LogP contribution is 2.19. The van der Waals surface area contributed by atoms with E-state index in [2.05, 4.69) is 28.9 Å². The van der Waals surface area contributed by atoms with Crippen LogP contribution in [0.1, 0.15) is 31.5 Å². The molecule has 1 aromatic heterocycles. The number of nitrogens with one attached hydrogen (secondary N) is 1. The van der Waals surface area contributed by atoms with Crippen LogP contribution in [-0.2, 0) is 13.0 Å². The number of hydrogen-bond donors (Lipinski definition) is 1. The van der Waals surface area contributed by atoms with Gasteiger partial charge in [-0.1, -0.05) is 6.92 Å². The van der Waals surface area contributed by atoms with Crippen molar-refractivity contribution in [2.24, 2.45) is 0 Å². The summed E-state index contributed by atoms with van der Waals surface area (Å²) >= 11 is 0. The van der Waals surface area contributed by atoms with Gasteiger partial charge in [0.25, 0.3) is 0 Å². The Balaban J connectivity index is 2.21. The van der Waals surface area contributed by atoms with E-state index in [1.54, 1.807) is 0 Å². The van der Waals surface area contributed by atoms with Gasteiger partial charge in [-0.2, -0.15) is 5.10 Å². The van der Waals surface area contributed by atoms with Crippen LogP contribution in [0.5, 0.6) is 0 Å². The number of hydrogen-bond acceptors (Lipinski definition) is 2. The summed E-state index contributed by atoms with van der Waals surface area (Å²) in [4.78, 5) is 2.50. The van der Waals surface area contributed by atoms with Gasteiger partial charge < -0.3 is 0 Å². The van der Waals surface area contributed by atoms with E-state index in [4.69, 9.17) is 0 Å². The lowest BCUT2D eigenvalue weighted by Crippen LogP contribution is -2.31. The van der Waals surface area contributed by atoms with Crippen LogP contribution in [0, 0.1) is 0 Å². The van der Waals surface area contributed by atoms with Gasteiger partial charge in [0.15, 0.2) is 0 Å². The average molecular weight is 179 g/mol. The van der Waals surface area contributed by atoms with Gasteiger partial charge in [0, 0.05) is 23.8 Å². The summed E-state index contributed by atoms with van der Waals surface area (Å²) in [5, 5.41) is 7.17. The molecule has 0 aromatic carbocycles. The minimum atomic E-state index is 0.700. The van der Waals surface area contributed by atoms with E-state index in [-0.39, 0.29) is 0 Å². The van der Waals surface area contributed by atoms with Crippen LogP contribution in [-0.4, -0.2) is 27.7 Å². The number of fused-ring (bicyclic) bond motifs is 1. The standard InChI is InChI=1S/C10H17N3/c1-3-13-7-9-6-11-12-10(9)5-4-8(13)2/h6,8H,3-5,7H2,1-2H3,(H,11,12). The van der Waals surface area contributed by atoms with Gasteiger partial charge in [0.1, 0.15) is 0 Å². The fourth-order valence-corrected chi connectivity index (χ4v) is 2.02. The summed E-state index contributed by atoms with van der Waals surface area (Å²) in [6.07, 6.45) is 4.35. The van der Waals surface area contributed by atoms with Crippen LogP contribution in [0.3, 0.4) is 0 Å². The van der Waals surface area contributed by atoms with Gasteiger partial charge in [0.2, 0.25) is 0 Å². The molecule has 0 aliphatic carbocycles. The molecule has 0 spiro atoms. The van der Waals surface area contributed by atoms with Gasteiger partial charge in [-0.15, -0.1) is 0 Å². The highest BCUT2D eigenvalue weighted by molar-refractivity contribution is 5.18. The Morgan fingerprint density at radius 3 is 3.31 bits per heavy atom. The number of rotatable bonds is 1. The zero-order valence-corrected chi connectivity index (χ0v) is 8.38. The molecule has 0 amide bonds. The molecule has 0 saturated carbocycles. The van der Waals surface area contributed by atoms with Crippen molar-refractivity contribution >= 4 is 0 Å². The van der Waals surface area contributed by atoms with E-state index < -0.39 is 0 Å². The fraction of sp³-hybridized carbons (Fsp3) is 0.700. The van der Waals surface area contributed by atoms with Gasteiger partial charge in [-0.25, -0.2) is 0 Å². The number of aromatic nitrogens is 2. The highest BCUT2D eigenvalue weighted by atomic mass is 15.2. The SMILES string of the molecule is CCN1Cc2cn[nH]c2CCC1C. The lowest BCUT2D eigenvalue weighted by Gasteiger charge is -2.24. The quantitative estimate of drug-likeness (QED) is 0.709. The zero-order chi connectivity index (χ0) is 9.26. The molecule has 0 fully saturated rings.